The van der Waals surface area contributed by atoms with Crippen molar-refractivity contribution in [3.05, 3.63) is 29.8 Å². The minimum absolute atomic E-state index is 0.0721. The Labute approximate surface area is 126 Å². The molecule has 4 nitrogen and oxygen atoms in total. The van der Waals surface area contributed by atoms with E-state index in [1.54, 1.807) is 13.0 Å². The van der Waals surface area contributed by atoms with Crippen molar-refractivity contribution in [1.82, 2.24) is 5.32 Å². The number of halogens is 3. The molecular weight excluding hydrogens is 299 g/mol. The van der Waals surface area contributed by atoms with Gasteiger partial charge in [-0.2, -0.15) is 0 Å². The lowest BCUT2D eigenvalue weighted by molar-refractivity contribution is -0.274. The van der Waals surface area contributed by atoms with Crippen molar-refractivity contribution in [2.75, 3.05) is 6.61 Å². The van der Waals surface area contributed by atoms with Crippen LogP contribution in [0, 0.1) is 5.92 Å². The van der Waals surface area contributed by atoms with Crippen molar-refractivity contribution in [1.29, 1.82) is 0 Å². The second kappa shape index (κ2) is 6.16. The van der Waals surface area contributed by atoms with Crippen molar-refractivity contribution >= 4 is 5.91 Å². The van der Waals surface area contributed by atoms with Gasteiger partial charge in [0.25, 0.3) is 0 Å². The summed E-state index contributed by atoms with van der Waals surface area (Å²) < 4.78 is 40.3. The lowest BCUT2D eigenvalue weighted by atomic mass is 9.96. The van der Waals surface area contributed by atoms with Crippen molar-refractivity contribution in [2.45, 2.75) is 38.1 Å². The lowest BCUT2D eigenvalue weighted by Gasteiger charge is -2.28. The molecule has 0 radical (unpaired) electrons. The molecule has 7 heteroatoms. The molecule has 1 fully saturated rings. The van der Waals surface area contributed by atoms with Gasteiger partial charge in [0.15, 0.2) is 0 Å². The first kappa shape index (κ1) is 16.6. The minimum Gasteiger partial charge on any atom is -0.406 e. The third-order valence-corrected chi connectivity index (χ3v) is 3.73. The first-order chi connectivity index (χ1) is 10.2. The Bertz CT molecular complexity index is 543. The third-order valence-electron chi connectivity index (χ3n) is 3.73. The summed E-state index contributed by atoms with van der Waals surface area (Å²) in [4.78, 5) is 12.0. The highest BCUT2D eigenvalue weighted by atomic mass is 19.4. The van der Waals surface area contributed by atoms with Gasteiger partial charge in [0.1, 0.15) is 5.75 Å². The lowest BCUT2D eigenvalue weighted by Crippen LogP contribution is -2.51. The Morgan fingerprint density at radius 1 is 1.41 bits per heavy atom. The molecule has 0 aromatic heterocycles. The summed E-state index contributed by atoms with van der Waals surface area (Å²) in [5.74, 6) is -0.445. The molecule has 1 aliphatic rings. The molecule has 122 valence electrons. The van der Waals surface area contributed by atoms with Gasteiger partial charge in [0, 0.05) is 0 Å². The van der Waals surface area contributed by atoms with Crippen molar-refractivity contribution in [2.24, 2.45) is 5.92 Å². The number of nitrogens with one attached hydrogen (secondary N) is 1. The predicted molar refractivity (Wildman–Crippen MR) is 73.2 cm³/mol. The highest BCUT2D eigenvalue weighted by Gasteiger charge is 2.42. The molecule has 0 spiro atoms. The Balaban J connectivity index is 1.98. The van der Waals surface area contributed by atoms with Crippen LogP contribution in [0.1, 0.15) is 25.3 Å². The maximum atomic E-state index is 12.2. The van der Waals surface area contributed by atoms with E-state index < -0.39 is 11.9 Å². The second-order valence-electron chi connectivity index (χ2n) is 5.77. The van der Waals surface area contributed by atoms with E-state index >= 15 is 0 Å². The predicted octanol–water partition coefficient (Wildman–Crippen LogP) is 2.40. The number of carbonyl (C=O) groups excluding carboxylic acids is 1. The average molecular weight is 317 g/mol. The van der Waals surface area contributed by atoms with Crippen LogP contribution in [-0.4, -0.2) is 29.5 Å². The van der Waals surface area contributed by atoms with Gasteiger partial charge >= 0.3 is 6.36 Å². The number of hydrogen-bond donors (Lipinski definition) is 2. The minimum atomic E-state index is -4.76. The molecule has 1 aromatic carbocycles. The van der Waals surface area contributed by atoms with Gasteiger partial charge < -0.3 is 15.2 Å². The van der Waals surface area contributed by atoms with Gasteiger partial charge in [-0.15, -0.1) is 13.2 Å². The standard InChI is InChI=1S/C15H18F3NO3/c1-14(9-20,11-5-6-11)19-13(21)8-10-3-2-4-12(7-10)22-15(16,17)18/h2-4,7,11,20H,5-6,8-9H2,1H3,(H,19,21). The first-order valence-electron chi connectivity index (χ1n) is 6.98. The molecule has 0 heterocycles. The van der Waals surface area contributed by atoms with Gasteiger partial charge in [0.05, 0.1) is 18.6 Å². The number of rotatable bonds is 6. The van der Waals surface area contributed by atoms with Gasteiger partial charge in [-0.3, -0.25) is 4.79 Å². The number of benzene rings is 1. The molecule has 2 rings (SSSR count). The normalized spacial score (nSPS) is 17.7. The SMILES string of the molecule is CC(CO)(NC(=O)Cc1cccc(OC(F)(F)F)c1)C1CC1. The maximum Gasteiger partial charge on any atom is 0.573 e. The van der Waals surface area contributed by atoms with Gasteiger partial charge in [-0.05, 0) is 43.4 Å². The van der Waals surface area contributed by atoms with E-state index in [1.807, 2.05) is 0 Å². The van der Waals surface area contributed by atoms with Crippen molar-refractivity contribution < 1.29 is 27.8 Å². The highest BCUT2D eigenvalue weighted by molar-refractivity contribution is 5.79. The number of ether oxygens (including phenoxy) is 1. The molecule has 22 heavy (non-hydrogen) atoms. The molecule has 1 aromatic rings. The fourth-order valence-electron chi connectivity index (χ4n) is 2.39. The average Bonchev–Trinajstić information content (AvgIpc) is 3.21. The zero-order valence-corrected chi connectivity index (χ0v) is 12.1. The van der Waals surface area contributed by atoms with Crippen LogP contribution in [0.5, 0.6) is 5.75 Å². The van der Waals surface area contributed by atoms with Crippen LogP contribution in [0.3, 0.4) is 0 Å². The topological polar surface area (TPSA) is 58.6 Å². The van der Waals surface area contributed by atoms with E-state index in [-0.39, 0.29) is 30.6 Å². The van der Waals surface area contributed by atoms with Crippen LogP contribution in [0.25, 0.3) is 0 Å². The smallest absolute Gasteiger partial charge is 0.406 e. The molecule has 0 aliphatic heterocycles. The number of carbonyl (C=O) groups is 1. The van der Waals surface area contributed by atoms with E-state index in [9.17, 15) is 23.1 Å². The summed E-state index contributed by atoms with van der Waals surface area (Å²) in [7, 11) is 0. The van der Waals surface area contributed by atoms with Gasteiger partial charge in [0.2, 0.25) is 5.91 Å². The van der Waals surface area contributed by atoms with Crippen LogP contribution in [0.4, 0.5) is 13.2 Å². The zero-order chi connectivity index (χ0) is 16.4. The Morgan fingerprint density at radius 2 is 2.09 bits per heavy atom. The molecule has 2 N–H and O–H groups in total. The largest absolute Gasteiger partial charge is 0.573 e. The Kier molecular flexibility index (Phi) is 4.65. The molecule has 0 saturated heterocycles. The quantitative estimate of drug-likeness (QED) is 0.847. The first-order valence-corrected chi connectivity index (χ1v) is 6.98. The number of alkyl halides is 3. The van der Waals surface area contributed by atoms with Gasteiger partial charge in [-0.1, -0.05) is 12.1 Å². The highest BCUT2D eigenvalue weighted by Crippen LogP contribution is 2.39. The second-order valence-corrected chi connectivity index (χ2v) is 5.77. The molecule has 1 unspecified atom stereocenters. The summed E-state index contributed by atoms with van der Waals surface area (Å²) in [5, 5.41) is 12.2. The molecule has 1 aliphatic carbocycles. The molecule has 0 bridgehead atoms. The van der Waals surface area contributed by atoms with E-state index in [0.717, 1.165) is 12.8 Å². The van der Waals surface area contributed by atoms with E-state index in [1.165, 1.54) is 18.2 Å². The van der Waals surface area contributed by atoms with Crippen LogP contribution in [0.2, 0.25) is 0 Å². The van der Waals surface area contributed by atoms with Gasteiger partial charge in [-0.25, -0.2) is 0 Å². The number of hydrogen-bond acceptors (Lipinski definition) is 3. The summed E-state index contributed by atoms with van der Waals surface area (Å²) in [6.07, 6.45) is -2.93. The van der Waals surface area contributed by atoms with Crippen LogP contribution in [-0.2, 0) is 11.2 Å². The number of aliphatic hydroxyl groups excluding tert-OH is 1. The number of aliphatic hydroxyl groups is 1. The Hall–Kier alpha value is -1.76. The summed E-state index contributed by atoms with van der Waals surface area (Å²) in [6.45, 7) is 1.60. The summed E-state index contributed by atoms with van der Waals surface area (Å²) >= 11 is 0. The van der Waals surface area contributed by atoms with E-state index in [2.05, 4.69) is 10.1 Å². The van der Waals surface area contributed by atoms with Crippen molar-refractivity contribution in [3.8, 4) is 5.75 Å². The molecule has 1 saturated carbocycles. The number of amides is 1. The monoisotopic (exact) mass is 317 g/mol. The molecule has 1 amide bonds. The molecular formula is C15H18F3NO3. The fraction of sp³-hybridized carbons (Fsp3) is 0.533. The van der Waals surface area contributed by atoms with E-state index in [0.29, 0.717) is 5.56 Å². The summed E-state index contributed by atoms with van der Waals surface area (Å²) in [6, 6.07) is 5.31. The third kappa shape index (κ3) is 4.62. The maximum absolute atomic E-state index is 12.2. The summed E-state index contributed by atoms with van der Waals surface area (Å²) in [5.41, 5.74) is -0.257. The Morgan fingerprint density at radius 3 is 2.64 bits per heavy atom. The van der Waals surface area contributed by atoms with Crippen LogP contribution in [0.15, 0.2) is 24.3 Å². The van der Waals surface area contributed by atoms with Crippen molar-refractivity contribution in [3.63, 3.8) is 0 Å². The van der Waals surface area contributed by atoms with Crippen LogP contribution >= 0.6 is 0 Å². The molecule has 1 atom stereocenters. The van der Waals surface area contributed by atoms with E-state index in [4.69, 9.17) is 0 Å². The zero-order valence-electron chi connectivity index (χ0n) is 12.1. The fourth-order valence-corrected chi connectivity index (χ4v) is 2.39. The van der Waals surface area contributed by atoms with Crippen LogP contribution < -0.4 is 10.1 Å².